The maximum atomic E-state index is 11.4. The van der Waals surface area contributed by atoms with Crippen LogP contribution in [0.5, 0.6) is 0 Å². The van der Waals surface area contributed by atoms with Gasteiger partial charge in [0.1, 0.15) is 12.7 Å². The molecule has 1 fully saturated rings. The van der Waals surface area contributed by atoms with Gasteiger partial charge in [0.25, 0.3) is 0 Å². The Morgan fingerprint density at radius 1 is 1.55 bits per heavy atom. The fourth-order valence-corrected chi connectivity index (χ4v) is 3.54. The Labute approximate surface area is 133 Å². The van der Waals surface area contributed by atoms with E-state index in [1.54, 1.807) is 31.5 Å². The first kappa shape index (κ1) is 15.1. The molecular weight excluding hydrogens is 300 g/mol. The summed E-state index contributed by atoms with van der Waals surface area (Å²) in [6, 6.07) is 0.470. The minimum absolute atomic E-state index is 0.00568. The van der Waals surface area contributed by atoms with E-state index < -0.39 is 0 Å². The van der Waals surface area contributed by atoms with E-state index >= 15 is 0 Å². The number of carbonyl (C=O) groups excluding carboxylic acids is 1. The van der Waals surface area contributed by atoms with E-state index in [0.717, 1.165) is 30.5 Å². The van der Waals surface area contributed by atoms with Crippen molar-refractivity contribution in [2.75, 3.05) is 18.5 Å². The Hall–Kier alpha value is -1.80. The predicted octanol–water partition coefficient (Wildman–Crippen LogP) is 1.38. The minimum Gasteiger partial charge on any atom is -0.293 e. The first-order valence-corrected chi connectivity index (χ1v) is 8.26. The molecule has 3 heterocycles. The molecule has 1 amide bonds. The van der Waals surface area contributed by atoms with E-state index in [2.05, 4.69) is 20.0 Å². The molecule has 0 radical (unpaired) electrons. The lowest BCUT2D eigenvalue weighted by molar-refractivity contribution is -0.116. The van der Waals surface area contributed by atoms with Gasteiger partial charge in [0, 0.05) is 31.9 Å². The van der Waals surface area contributed by atoms with Crippen LogP contribution in [0.4, 0.5) is 5.13 Å². The van der Waals surface area contributed by atoms with Crippen LogP contribution in [0.2, 0.25) is 0 Å². The second-order valence-corrected chi connectivity index (χ2v) is 6.42. The number of aromatic nitrogens is 4. The van der Waals surface area contributed by atoms with Gasteiger partial charge < -0.3 is 0 Å². The summed E-state index contributed by atoms with van der Waals surface area (Å²) in [7, 11) is 1.76. The molecule has 0 N–H and O–H groups in total. The van der Waals surface area contributed by atoms with Gasteiger partial charge >= 0.3 is 0 Å². The number of amides is 1. The fourth-order valence-electron chi connectivity index (χ4n) is 2.72. The third-order valence-electron chi connectivity index (χ3n) is 4.03. The molecule has 1 aliphatic rings. The van der Waals surface area contributed by atoms with Gasteiger partial charge in [-0.05, 0) is 19.4 Å². The lowest BCUT2D eigenvalue weighted by Crippen LogP contribution is -2.32. The third-order valence-corrected chi connectivity index (χ3v) is 4.99. The predicted molar refractivity (Wildman–Crippen MR) is 84.7 cm³/mol. The van der Waals surface area contributed by atoms with Crippen LogP contribution in [-0.2, 0) is 17.9 Å². The largest absolute Gasteiger partial charge is 0.293 e. The Balaban J connectivity index is 1.63. The van der Waals surface area contributed by atoms with Crippen LogP contribution in [0, 0.1) is 0 Å². The maximum Gasteiger partial charge on any atom is 0.225 e. The van der Waals surface area contributed by atoms with Crippen LogP contribution in [0.3, 0.4) is 0 Å². The molecule has 2 aromatic rings. The van der Waals surface area contributed by atoms with Crippen LogP contribution >= 0.6 is 11.3 Å². The van der Waals surface area contributed by atoms with Gasteiger partial charge in [-0.3, -0.25) is 19.3 Å². The summed E-state index contributed by atoms with van der Waals surface area (Å²) in [5.41, 5.74) is 1.03. The zero-order valence-electron chi connectivity index (χ0n) is 12.8. The quantitative estimate of drug-likeness (QED) is 0.832. The van der Waals surface area contributed by atoms with Crippen LogP contribution < -0.4 is 4.90 Å². The van der Waals surface area contributed by atoms with Crippen molar-refractivity contribution in [3.63, 3.8) is 0 Å². The molecule has 7 nitrogen and oxygen atoms in total. The highest BCUT2D eigenvalue weighted by Gasteiger charge is 2.26. The number of rotatable bonds is 5. The standard InChI is InChI=1S/C14H20N6OS/c1-11(21)18(2)14-17-12(8-22-14)6-19-5-3-4-13(19)7-20-10-15-9-16-20/h8-10,13H,3-7H2,1-2H3/t13-/m1/s1. The van der Waals surface area contributed by atoms with Gasteiger partial charge in [0.15, 0.2) is 5.13 Å². The molecule has 2 aromatic heterocycles. The summed E-state index contributed by atoms with van der Waals surface area (Å²) in [5.74, 6) is 0.00568. The first-order valence-electron chi connectivity index (χ1n) is 7.38. The molecule has 1 atom stereocenters. The Bertz CT molecular complexity index is 625. The normalized spacial score (nSPS) is 18.7. The molecule has 0 unspecified atom stereocenters. The SMILES string of the molecule is CC(=O)N(C)c1nc(CN2CCC[C@@H]2Cn2cncn2)cs1. The van der Waals surface area contributed by atoms with E-state index in [1.807, 2.05) is 10.1 Å². The Morgan fingerprint density at radius 2 is 2.41 bits per heavy atom. The van der Waals surface area contributed by atoms with Crippen molar-refractivity contribution in [2.45, 2.75) is 38.9 Å². The summed E-state index contributed by atoms with van der Waals surface area (Å²) in [4.78, 5) is 24.0. The number of hydrogen-bond donors (Lipinski definition) is 0. The molecule has 1 aliphatic heterocycles. The molecule has 1 saturated heterocycles. The van der Waals surface area contributed by atoms with Crippen molar-refractivity contribution >= 4 is 22.4 Å². The molecule has 0 spiro atoms. The van der Waals surface area contributed by atoms with Gasteiger partial charge in [-0.15, -0.1) is 11.3 Å². The lowest BCUT2D eigenvalue weighted by Gasteiger charge is -2.23. The number of nitrogens with zero attached hydrogens (tertiary/aromatic N) is 6. The highest BCUT2D eigenvalue weighted by Crippen LogP contribution is 2.24. The molecule has 22 heavy (non-hydrogen) atoms. The zero-order valence-corrected chi connectivity index (χ0v) is 13.7. The summed E-state index contributed by atoms with van der Waals surface area (Å²) in [5, 5.41) is 6.99. The van der Waals surface area contributed by atoms with E-state index in [4.69, 9.17) is 0 Å². The van der Waals surface area contributed by atoms with Crippen LogP contribution in [-0.4, -0.2) is 50.2 Å². The van der Waals surface area contributed by atoms with Crippen LogP contribution in [0.15, 0.2) is 18.0 Å². The summed E-state index contributed by atoms with van der Waals surface area (Å²) in [6.07, 6.45) is 5.71. The van der Waals surface area contributed by atoms with E-state index in [-0.39, 0.29) is 5.91 Å². The first-order chi connectivity index (χ1) is 10.6. The smallest absolute Gasteiger partial charge is 0.225 e. The third kappa shape index (κ3) is 3.33. The molecule has 0 aromatic carbocycles. The summed E-state index contributed by atoms with van der Waals surface area (Å²) in [6.45, 7) is 4.32. The second kappa shape index (κ2) is 6.53. The lowest BCUT2D eigenvalue weighted by atomic mass is 10.2. The summed E-state index contributed by atoms with van der Waals surface area (Å²) >= 11 is 1.52. The van der Waals surface area contributed by atoms with Crippen molar-refractivity contribution < 1.29 is 4.79 Å². The molecule has 0 bridgehead atoms. The van der Waals surface area contributed by atoms with Crippen molar-refractivity contribution in [1.82, 2.24) is 24.6 Å². The molecule has 0 aliphatic carbocycles. The molecule has 8 heteroatoms. The number of carbonyl (C=O) groups is 1. The van der Waals surface area contributed by atoms with Crippen molar-refractivity contribution in [3.05, 3.63) is 23.7 Å². The molecule has 118 valence electrons. The van der Waals surface area contributed by atoms with Gasteiger partial charge in [0.05, 0.1) is 12.2 Å². The maximum absolute atomic E-state index is 11.4. The minimum atomic E-state index is 0.00568. The van der Waals surface area contributed by atoms with Gasteiger partial charge in [-0.2, -0.15) is 5.10 Å². The topological polar surface area (TPSA) is 67.2 Å². The monoisotopic (exact) mass is 320 g/mol. The van der Waals surface area contributed by atoms with Gasteiger partial charge in [0.2, 0.25) is 5.91 Å². The molecular formula is C14H20N6OS. The Morgan fingerprint density at radius 3 is 3.14 bits per heavy atom. The second-order valence-electron chi connectivity index (χ2n) is 5.58. The van der Waals surface area contributed by atoms with Crippen LogP contribution in [0.1, 0.15) is 25.5 Å². The van der Waals surface area contributed by atoms with E-state index in [1.165, 1.54) is 24.2 Å². The average molecular weight is 320 g/mol. The number of anilines is 1. The molecule has 3 rings (SSSR count). The summed E-state index contributed by atoms with van der Waals surface area (Å²) < 4.78 is 1.89. The van der Waals surface area contributed by atoms with E-state index in [0.29, 0.717) is 6.04 Å². The molecule has 0 saturated carbocycles. The van der Waals surface area contributed by atoms with Crippen molar-refractivity contribution in [3.8, 4) is 0 Å². The number of thiazole rings is 1. The number of hydrogen-bond acceptors (Lipinski definition) is 6. The van der Waals surface area contributed by atoms with Gasteiger partial charge in [-0.25, -0.2) is 9.97 Å². The van der Waals surface area contributed by atoms with Gasteiger partial charge in [-0.1, -0.05) is 0 Å². The van der Waals surface area contributed by atoms with E-state index in [9.17, 15) is 4.79 Å². The Kier molecular flexibility index (Phi) is 4.49. The number of likely N-dealkylation sites (tertiary alicyclic amines) is 1. The van der Waals surface area contributed by atoms with Crippen LogP contribution in [0.25, 0.3) is 0 Å². The van der Waals surface area contributed by atoms with Crippen molar-refractivity contribution in [2.24, 2.45) is 0 Å². The zero-order chi connectivity index (χ0) is 15.5. The highest BCUT2D eigenvalue weighted by atomic mass is 32.1. The average Bonchev–Trinajstić information content (AvgIpc) is 3.22. The fraction of sp³-hybridized carbons (Fsp3) is 0.571. The van der Waals surface area contributed by atoms with Crippen molar-refractivity contribution in [1.29, 1.82) is 0 Å². The highest BCUT2D eigenvalue weighted by molar-refractivity contribution is 7.14.